The Labute approximate surface area is 323 Å². The SMILES string of the molecule is CN=C(N)NC12CCCC(C1)Oc1cc(ccc1O)CC1C(C=CC3C(OC(C)=O)CC(c4cc(O)c(O)c(OCCc5cccnc5)c4)OC31)SSC2. The van der Waals surface area contributed by atoms with Crippen LogP contribution in [0, 0.1) is 11.8 Å². The number of phenolic OH excluding ortho intramolecular Hbond substituents is 3. The van der Waals surface area contributed by atoms with Crippen LogP contribution in [0.25, 0.3) is 0 Å². The highest BCUT2D eigenvalue weighted by Gasteiger charge is 2.48. The first kappa shape index (κ1) is 38.0. The number of pyridine rings is 1. The number of carbonyl (C=O) groups is 1. The van der Waals surface area contributed by atoms with Gasteiger partial charge in [0.25, 0.3) is 0 Å². The molecule has 0 radical (unpaired) electrons. The van der Waals surface area contributed by atoms with E-state index in [0.717, 1.165) is 36.1 Å². The third-order valence-electron chi connectivity index (χ3n) is 10.8. The molecule has 2 fully saturated rings. The fraction of sp³-hybridized carbons (Fsp3) is 0.475. The lowest BCUT2D eigenvalue weighted by Gasteiger charge is -2.47. The number of phenols is 3. The van der Waals surface area contributed by atoms with Gasteiger partial charge in [0.2, 0.25) is 5.75 Å². The normalized spacial score (nSPS) is 29.5. The number of rotatable bonds is 7. The zero-order valence-corrected chi connectivity index (χ0v) is 32.1. The van der Waals surface area contributed by atoms with Crippen molar-refractivity contribution in [3.63, 3.8) is 0 Å². The van der Waals surface area contributed by atoms with Crippen LogP contribution < -0.4 is 20.5 Å². The molecule has 1 aromatic heterocycles. The number of nitrogens with one attached hydrogen (secondary N) is 1. The highest BCUT2D eigenvalue weighted by Crippen LogP contribution is 2.51. The molecular formula is C40H48N4O8S2. The fourth-order valence-corrected chi connectivity index (χ4v) is 11.5. The number of aromatic hydroxyl groups is 3. The number of fused-ring (bicyclic) bond motifs is 7. The van der Waals surface area contributed by atoms with E-state index in [-0.39, 0.29) is 70.4 Å². The Balaban J connectivity index is 1.20. The molecule has 0 amide bonds. The average molecular weight is 777 g/mol. The Bertz CT molecular complexity index is 1860. The van der Waals surface area contributed by atoms with Crippen LogP contribution in [0.4, 0.5) is 0 Å². The molecule has 2 aliphatic heterocycles. The van der Waals surface area contributed by atoms with Gasteiger partial charge in [0.1, 0.15) is 12.2 Å². The van der Waals surface area contributed by atoms with Crippen molar-refractivity contribution in [2.24, 2.45) is 22.6 Å². The number of aliphatic imine (C=N–C) groups is 1. The van der Waals surface area contributed by atoms with E-state index >= 15 is 0 Å². The van der Waals surface area contributed by atoms with Gasteiger partial charge in [0.05, 0.1) is 24.4 Å². The summed E-state index contributed by atoms with van der Waals surface area (Å²) in [6, 6.07) is 12.5. The summed E-state index contributed by atoms with van der Waals surface area (Å²) >= 11 is 0. The van der Waals surface area contributed by atoms with E-state index in [9.17, 15) is 20.1 Å². The summed E-state index contributed by atoms with van der Waals surface area (Å²) in [6.45, 7) is 1.67. The Morgan fingerprint density at radius 1 is 1.17 bits per heavy atom. The lowest BCUT2D eigenvalue weighted by Crippen LogP contribution is -2.57. The molecule has 1 saturated heterocycles. The number of carbonyl (C=O) groups excluding carboxylic acids is 1. The predicted molar refractivity (Wildman–Crippen MR) is 209 cm³/mol. The first-order valence-electron chi connectivity index (χ1n) is 18.5. The monoisotopic (exact) mass is 776 g/mol. The van der Waals surface area contributed by atoms with Crippen molar-refractivity contribution >= 4 is 33.5 Å². The summed E-state index contributed by atoms with van der Waals surface area (Å²) in [5.74, 6) is 0.424. The van der Waals surface area contributed by atoms with Gasteiger partial charge in [-0.2, -0.15) is 0 Å². The minimum Gasteiger partial charge on any atom is -0.504 e. The molecule has 2 aliphatic carbocycles. The summed E-state index contributed by atoms with van der Waals surface area (Å²) in [5.41, 5.74) is 8.47. The van der Waals surface area contributed by atoms with Crippen LogP contribution in [-0.4, -0.2) is 80.7 Å². The summed E-state index contributed by atoms with van der Waals surface area (Å²) < 4.78 is 25.5. The van der Waals surface area contributed by atoms with Crippen molar-refractivity contribution in [2.45, 2.75) is 87.1 Å². The molecule has 288 valence electrons. The van der Waals surface area contributed by atoms with Gasteiger partial charge in [-0.25, -0.2) is 0 Å². The van der Waals surface area contributed by atoms with Crippen molar-refractivity contribution in [2.75, 3.05) is 19.4 Å². The topological polar surface area (TPSA) is 178 Å². The molecule has 4 bridgehead atoms. The second kappa shape index (κ2) is 16.6. The van der Waals surface area contributed by atoms with Crippen molar-refractivity contribution in [3.05, 3.63) is 83.7 Å². The van der Waals surface area contributed by atoms with Gasteiger partial charge in [-0.1, -0.05) is 45.9 Å². The maximum atomic E-state index is 12.5. The van der Waals surface area contributed by atoms with E-state index in [4.69, 9.17) is 24.7 Å². The first-order valence-corrected chi connectivity index (χ1v) is 20.8. The number of hydrogen-bond acceptors (Lipinski definition) is 12. The first-order chi connectivity index (χ1) is 26.1. The molecule has 54 heavy (non-hydrogen) atoms. The van der Waals surface area contributed by atoms with Crippen LogP contribution in [0.15, 0.2) is 72.0 Å². The van der Waals surface area contributed by atoms with Crippen LogP contribution in [0.5, 0.6) is 28.7 Å². The standard InChI is InChI=1S/C40H48N4O8S2/c1-23(45)50-33-19-32(26-17-31(47)37(48)35(18-26)49-14-11-24-5-4-13-43-21-24)52-38-28(33)8-10-36-29(38)15-25-7-9-30(46)34(16-25)51-27-6-3-12-40(20-27,22-53-54-36)44-39(41)42-2/h4-5,7-10,13,16-18,21,27-29,32-33,36,38,46-48H,3,6,11-12,14-15,19-20,22H2,1-2H3,(H3,41,42,44). The number of nitrogens with two attached hydrogens (primary N) is 1. The Hall–Kier alpha value is -4.27. The summed E-state index contributed by atoms with van der Waals surface area (Å²) in [7, 11) is 5.24. The van der Waals surface area contributed by atoms with Crippen LogP contribution in [0.1, 0.15) is 61.8 Å². The molecular weight excluding hydrogens is 729 g/mol. The summed E-state index contributed by atoms with van der Waals surface area (Å²) in [6.07, 6.45) is 11.1. The van der Waals surface area contributed by atoms with E-state index in [1.54, 1.807) is 53.2 Å². The molecule has 2 aromatic carbocycles. The second-order valence-electron chi connectivity index (χ2n) is 14.6. The molecule has 4 aliphatic rings. The molecule has 1 saturated carbocycles. The average Bonchev–Trinajstić information content (AvgIpc) is 3.15. The largest absolute Gasteiger partial charge is 0.504 e. The van der Waals surface area contributed by atoms with Gasteiger partial charge < -0.3 is 45.3 Å². The van der Waals surface area contributed by atoms with Gasteiger partial charge >= 0.3 is 5.97 Å². The number of hydrogen-bond donors (Lipinski definition) is 5. The van der Waals surface area contributed by atoms with Gasteiger partial charge in [-0.15, -0.1) is 0 Å². The molecule has 12 nitrogen and oxygen atoms in total. The maximum Gasteiger partial charge on any atom is 0.302 e. The molecule has 8 unspecified atom stereocenters. The minimum absolute atomic E-state index is 0.0140. The smallest absolute Gasteiger partial charge is 0.302 e. The number of guanidine groups is 1. The van der Waals surface area contributed by atoms with Gasteiger partial charge in [-0.3, -0.25) is 14.8 Å². The quantitative estimate of drug-likeness (QED) is 0.0473. The molecule has 3 aromatic rings. The fourth-order valence-electron chi connectivity index (χ4n) is 8.20. The van der Waals surface area contributed by atoms with Crippen LogP contribution in [0.2, 0.25) is 0 Å². The van der Waals surface area contributed by atoms with Crippen molar-refractivity contribution < 1.29 is 39.1 Å². The van der Waals surface area contributed by atoms with Crippen molar-refractivity contribution in [1.82, 2.24) is 10.3 Å². The van der Waals surface area contributed by atoms with Crippen LogP contribution in [0.3, 0.4) is 0 Å². The van der Waals surface area contributed by atoms with Crippen molar-refractivity contribution in [1.29, 1.82) is 0 Å². The maximum absolute atomic E-state index is 12.5. The van der Waals surface area contributed by atoms with E-state index in [1.807, 2.05) is 24.3 Å². The Morgan fingerprint density at radius 2 is 2.04 bits per heavy atom. The number of aromatic nitrogens is 1. The van der Waals surface area contributed by atoms with E-state index in [2.05, 4.69) is 27.4 Å². The molecule has 7 rings (SSSR count). The van der Waals surface area contributed by atoms with Crippen LogP contribution >= 0.6 is 21.6 Å². The Kier molecular flexibility index (Phi) is 11.7. The van der Waals surface area contributed by atoms with E-state index in [1.165, 1.54) is 13.0 Å². The molecule has 8 atom stereocenters. The molecule has 0 spiro atoms. The molecule has 3 heterocycles. The number of benzene rings is 2. The summed E-state index contributed by atoms with van der Waals surface area (Å²) in [5, 5.41) is 36.1. The zero-order valence-electron chi connectivity index (χ0n) is 30.4. The predicted octanol–water partition coefficient (Wildman–Crippen LogP) is 5.98. The van der Waals surface area contributed by atoms with Gasteiger partial charge in [-0.05, 0) is 72.7 Å². The second-order valence-corrected chi connectivity index (χ2v) is 17.2. The highest BCUT2D eigenvalue weighted by atomic mass is 33.1. The molecule has 6 N–H and O–H groups in total. The molecule has 14 heteroatoms. The lowest BCUT2D eigenvalue weighted by molar-refractivity contribution is -0.177. The zero-order chi connectivity index (χ0) is 37.8. The third kappa shape index (κ3) is 8.66. The van der Waals surface area contributed by atoms with Gasteiger partial charge in [0.15, 0.2) is 29.0 Å². The lowest BCUT2D eigenvalue weighted by atomic mass is 9.74. The highest BCUT2D eigenvalue weighted by molar-refractivity contribution is 8.77. The summed E-state index contributed by atoms with van der Waals surface area (Å²) in [4.78, 5) is 20.8. The number of ether oxygens (including phenoxy) is 4. The Morgan fingerprint density at radius 3 is 2.83 bits per heavy atom. The van der Waals surface area contributed by atoms with Gasteiger partial charge in [0, 0.05) is 68.5 Å². The van der Waals surface area contributed by atoms with E-state index < -0.39 is 12.2 Å². The number of nitrogens with zero attached hydrogens (tertiary/aromatic N) is 2. The minimum atomic E-state index is -0.584. The van der Waals surface area contributed by atoms with Crippen LogP contribution in [-0.2, 0) is 27.1 Å². The third-order valence-corrected chi connectivity index (χ3v) is 13.8. The van der Waals surface area contributed by atoms with E-state index in [0.29, 0.717) is 43.0 Å². The number of esters is 1. The van der Waals surface area contributed by atoms with Crippen molar-refractivity contribution in [3.8, 4) is 28.7 Å².